The zero-order valence-electron chi connectivity index (χ0n) is 15.4. The molecule has 1 saturated heterocycles. The van der Waals surface area contributed by atoms with E-state index in [9.17, 15) is 4.79 Å². The number of para-hydroxylation sites is 1. The smallest absolute Gasteiger partial charge is 0.274 e. The second kappa shape index (κ2) is 8.31. The Bertz CT molecular complexity index is 938. The van der Waals surface area contributed by atoms with Gasteiger partial charge in [0.05, 0.1) is 0 Å². The first kappa shape index (κ1) is 18.3. The summed E-state index contributed by atoms with van der Waals surface area (Å²) in [5, 5.41) is 3.49. The Morgan fingerprint density at radius 1 is 0.857 bits per heavy atom. The lowest BCUT2D eigenvalue weighted by molar-refractivity contribution is 0.102. The van der Waals surface area contributed by atoms with Gasteiger partial charge in [-0.2, -0.15) is 0 Å². The molecule has 1 N–H and O–H groups in total. The Morgan fingerprint density at radius 3 is 2.18 bits per heavy atom. The second-order valence-corrected chi connectivity index (χ2v) is 7.11. The van der Waals surface area contributed by atoms with Crippen LogP contribution in [0.4, 0.5) is 17.1 Å². The molecule has 0 aliphatic carbocycles. The van der Waals surface area contributed by atoms with Crippen LogP contribution in [0.25, 0.3) is 0 Å². The number of anilines is 3. The summed E-state index contributed by atoms with van der Waals surface area (Å²) in [5.41, 5.74) is 3.36. The zero-order chi connectivity index (χ0) is 19.3. The van der Waals surface area contributed by atoms with Crippen molar-refractivity contribution < 1.29 is 4.79 Å². The highest BCUT2D eigenvalue weighted by molar-refractivity contribution is 6.30. The summed E-state index contributed by atoms with van der Waals surface area (Å²) < 4.78 is 0. The minimum atomic E-state index is -0.230. The van der Waals surface area contributed by atoms with Crippen molar-refractivity contribution in [3.8, 4) is 0 Å². The number of pyridine rings is 1. The summed E-state index contributed by atoms with van der Waals surface area (Å²) in [6, 6.07) is 21.3. The molecular formula is C22H21ClN4O. The Morgan fingerprint density at radius 2 is 1.50 bits per heavy atom. The van der Waals surface area contributed by atoms with Crippen molar-refractivity contribution in [3.63, 3.8) is 0 Å². The minimum absolute atomic E-state index is 0.230. The largest absolute Gasteiger partial charge is 0.368 e. The van der Waals surface area contributed by atoms with E-state index in [1.54, 1.807) is 30.5 Å². The van der Waals surface area contributed by atoms with Crippen LogP contribution in [-0.4, -0.2) is 37.1 Å². The number of piperazine rings is 1. The topological polar surface area (TPSA) is 48.5 Å². The molecule has 28 heavy (non-hydrogen) atoms. The van der Waals surface area contributed by atoms with Gasteiger partial charge in [-0.3, -0.25) is 9.78 Å². The number of rotatable bonds is 4. The maximum Gasteiger partial charge on any atom is 0.274 e. The molecule has 4 rings (SSSR count). The number of carbonyl (C=O) groups excluding carboxylic acids is 1. The van der Waals surface area contributed by atoms with Crippen molar-refractivity contribution in [1.82, 2.24) is 4.98 Å². The van der Waals surface area contributed by atoms with Crippen molar-refractivity contribution in [2.45, 2.75) is 0 Å². The third kappa shape index (κ3) is 4.26. The maximum absolute atomic E-state index is 12.5. The van der Waals surface area contributed by atoms with E-state index in [0.29, 0.717) is 16.4 Å². The van der Waals surface area contributed by atoms with Crippen molar-refractivity contribution in [2.75, 3.05) is 41.3 Å². The predicted molar refractivity (Wildman–Crippen MR) is 115 cm³/mol. The molecule has 142 valence electrons. The summed E-state index contributed by atoms with van der Waals surface area (Å²) in [5.74, 6) is -0.230. The second-order valence-electron chi connectivity index (χ2n) is 6.67. The van der Waals surface area contributed by atoms with E-state index in [4.69, 9.17) is 11.6 Å². The molecule has 1 aromatic heterocycles. The van der Waals surface area contributed by atoms with E-state index in [1.165, 1.54) is 5.69 Å². The van der Waals surface area contributed by atoms with Crippen molar-refractivity contribution in [3.05, 3.63) is 83.6 Å². The molecule has 2 heterocycles. The molecule has 0 radical (unpaired) electrons. The van der Waals surface area contributed by atoms with Gasteiger partial charge in [0.1, 0.15) is 5.69 Å². The highest BCUT2D eigenvalue weighted by Crippen LogP contribution is 2.21. The van der Waals surface area contributed by atoms with Gasteiger partial charge in [-0.25, -0.2) is 0 Å². The van der Waals surface area contributed by atoms with Gasteiger partial charge in [0.25, 0.3) is 5.91 Å². The lowest BCUT2D eigenvalue weighted by Crippen LogP contribution is -2.46. The summed E-state index contributed by atoms with van der Waals surface area (Å²) in [6.45, 7) is 3.69. The Labute approximate surface area is 169 Å². The van der Waals surface area contributed by atoms with Crippen molar-refractivity contribution >= 4 is 34.6 Å². The lowest BCUT2D eigenvalue weighted by atomic mass is 10.2. The third-order valence-electron chi connectivity index (χ3n) is 4.84. The summed E-state index contributed by atoms with van der Waals surface area (Å²) >= 11 is 5.89. The van der Waals surface area contributed by atoms with E-state index >= 15 is 0 Å². The molecule has 6 heteroatoms. The molecule has 0 saturated carbocycles. The predicted octanol–water partition coefficient (Wildman–Crippen LogP) is 4.31. The van der Waals surface area contributed by atoms with E-state index in [1.807, 2.05) is 18.2 Å². The van der Waals surface area contributed by atoms with Crippen LogP contribution in [0.1, 0.15) is 10.5 Å². The number of benzene rings is 2. The van der Waals surface area contributed by atoms with Crippen LogP contribution in [0.15, 0.2) is 72.9 Å². The van der Waals surface area contributed by atoms with Crippen molar-refractivity contribution in [1.29, 1.82) is 0 Å². The molecule has 0 spiro atoms. The molecule has 2 aromatic carbocycles. The average Bonchev–Trinajstić information content (AvgIpc) is 2.76. The fourth-order valence-electron chi connectivity index (χ4n) is 3.33. The Kier molecular flexibility index (Phi) is 5.44. The van der Waals surface area contributed by atoms with Crippen LogP contribution in [-0.2, 0) is 0 Å². The number of amides is 1. The molecule has 1 aliphatic rings. The van der Waals surface area contributed by atoms with E-state index in [0.717, 1.165) is 31.9 Å². The number of carbonyl (C=O) groups is 1. The molecular weight excluding hydrogens is 372 g/mol. The molecule has 3 aromatic rings. The molecule has 0 bridgehead atoms. The molecule has 1 aliphatic heterocycles. The first-order valence-corrected chi connectivity index (χ1v) is 9.65. The van der Waals surface area contributed by atoms with Crippen LogP contribution in [0, 0.1) is 0 Å². The maximum atomic E-state index is 12.5. The van der Waals surface area contributed by atoms with Gasteiger partial charge in [0, 0.05) is 54.5 Å². The van der Waals surface area contributed by atoms with Gasteiger partial charge in [-0.05, 0) is 48.5 Å². The number of nitrogens with zero attached hydrogens (tertiary/aromatic N) is 3. The average molecular weight is 393 g/mol. The monoisotopic (exact) mass is 392 g/mol. The van der Waals surface area contributed by atoms with Crippen LogP contribution < -0.4 is 15.1 Å². The summed E-state index contributed by atoms with van der Waals surface area (Å²) in [4.78, 5) is 21.4. The van der Waals surface area contributed by atoms with Crippen LogP contribution in [0.3, 0.4) is 0 Å². The molecule has 0 unspecified atom stereocenters. The van der Waals surface area contributed by atoms with E-state index in [-0.39, 0.29) is 5.91 Å². The van der Waals surface area contributed by atoms with E-state index < -0.39 is 0 Å². The van der Waals surface area contributed by atoms with Crippen LogP contribution in [0.2, 0.25) is 5.02 Å². The number of hydrogen-bond acceptors (Lipinski definition) is 4. The van der Waals surface area contributed by atoms with Gasteiger partial charge in [-0.1, -0.05) is 29.8 Å². The fourth-order valence-corrected chi connectivity index (χ4v) is 3.46. The van der Waals surface area contributed by atoms with Crippen molar-refractivity contribution in [2.24, 2.45) is 0 Å². The SMILES string of the molecule is O=C(Nc1ccc(Cl)cc1)c1cc(N2CCN(c3ccccc3)CC2)ccn1. The zero-order valence-corrected chi connectivity index (χ0v) is 16.1. The van der Waals surface area contributed by atoms with Gasteiger partial charge >= 0.3 is 0 Å². The van der Waals surface area contributed by atoms with Gasteiger partial charge in [0.2, 0.25) is 0 Å². The number of aromatic nitrogens is 1. The Balaban J connectivity index is 1.41. The summed E-state index contributed by atoms with van der Waals surface area (Å²) in [6.07, 6.45) is 1.69. The first-order chi connectivity index (χ1) is 13.7. The number of halogens is 1. The minimum Gasteiger partial charge on any atom is -0.368 e. The van der Waals surface area contributed by atoms with Gasteiger partial charge < -0.3 is 15.1 Å². The quantitative estimate of drug-likeness (QED) is 0.718. The highest BCUT2D eigenvalue weighted by atomic mass is 35.5. The summed E-state index contributed by atoms with van der Waals surface area (Å²) in [7, 11) is 0. The van der Waals surface area contributed by atoms with Crippen LogP contribution >= 0.6 is 11.6 Å². The molecule has 0 atom stereocenters. The Hall–Kier alpha value is -3.05. The number of hydrogen-bond donors (Lipinski definition) is 1. The molecule has 1 amide bonds. The van der Waals surface area contributed by atoms with E-state index in [2.05, 4.69) is 44.4 Å². The van der Waals surface area contributed by atoms with Crippen LogP contribution in [0.5, 0.6) is 0 Å². The number of nitrogens with one attached hydrogen (secondary N) is 1. The molecule has 5 nitrogen and oxygen atoms in total. The van der Waals surface area contributed by atoms with Gasteiger partial charge in [0.15, 0.2) is 0 Å². The van der Waals surface area contributed by atoms with Gasteiger partial charge in [-0.15, -0.1) is 0 Å². The lowest BCUT2D eigenvalue weighted by Gasteiger charge is -2.37. The highest BCUT2D eigenvalue weighted by Gasteiger charge is 2.18. The standard InChI is InChI=1S/C22H21ClN4O/c23-17-6-8-18(9-7-17)25-22(28)21-16-20(10-11-24-21)27-14-12-26(13-15-27)19-4-2-1-3-5-19/h1-11,16H,12-15H2,(H,25,28). The molecule has 1 fully saturated rings. The normalized spacial score (nSPS) is 14.0. The fraction of sp³-hybridized carbons (Fsp3) is 0.182. The first-order valence-electron chi connectivity index (χ1n) is 9.27. The third-order valence-corrected chi connectivity index (χ3v) is 5.10.